The second kappa shape index (κ2) is 5.09. The van der Waals surface area contributed by atoms with Crippen LogP contribution in [0.2, 0.25) is 0 Å². The van der Waals surface area contributed by atoms with Crippen molar-refractivity contribution < 1.29 is 4.52 Å². The molecule has 0 atom stereocenters. The van der Waals surface area contributed by atoms with Gasteiger partial charge in [0, 0.05) is 17.0 Å². The number of thiazole rings is 1. The fourth-order valence-corrected chi connectivity index (χ4v) is 2.17. The van der Waals surface area contributed by atoms with Crippen molar-refractivity contribution in [3.63, 3.8) is 0 Å². The van der Waals surface area contributed by atoms with E-state index in [9.17, 15) is 0 Å². The van der Waals surface area contributed by atoms with E-state index in [-0.39, 0.29) is 0 Å². The molecule has 0 saturated heterocycles. The van der Waals surface area contributed by atoms with Crippen molar-refractivity contribution >= 4 is 11.3 Å². The fourth-order valence-electron chi connectivity index (χ4n) is 1.63. The lowest BCUT2D eigenvalue weighted by molar-refractivity contribution is 0.413. The number of benzene rings is 1. The molecule has 2 aromatic heterocycles. The van der Waals surface area contributed by atoms with Gasteiger partial charge in [0.05, 0.1) is 5.01 Å². The van der Waals surface area contributed by atoms with Crippen molar-refractivity contribution in [2.24, 2.45) is 0 Å². The van der Waals surface area contributed by atoms with E-state index in [1.54, 1.807) is 11.3 Å². The van der Waals surface area contributed by atoms with Gasteiger partial charge in [-0.25, -0.2) is 4.98 Å². The van der Waals surface area contributed by atoms with Gasteiger partial charge in [-0.2, -0.15) is 0 Å². The maximum atomic E-state index is 5.20. The van der Waals surface area contributed by atoms with Crippen LogP contribution < -0.4 is 0 Å². The first-order chi connectivity index (χ1) is 9.31. The first kappa shape index (κ1) is 11.7. The highest BCUT2D eigenvalue weighted by Crippen LogP contribution is 2.18. The highest BCUT2D eigenvalue weighted by Gasteiger charge is 2.03. The van der Waals surface area contributed by atoms with Crippen molar-refractivity contribution in [1.29, 1.82) is 0 Å². The van der Waals surface area contributed by atoms with Gasteiger partial charge in [0.1, 0.15) is 11.4 Å². The molecule has 0 fully saturated rings. The van der Waals surface area contributed by atoms with E-state index in [1.807, 2.05) is 48.7 Å². The molecule has 0 unspecified atom stereocenters. The normalized spacial score (nSPS) is 9.95. The Bertz CT molecular complexity index is 747. The summed E-state index contributed by atoms with van der Waals surface area (Å²) in [4.78, 5) is 4.27. The number of hydrogen-bond acceptors (Lipinski definition) is 4. The third kappa shape index (κ3) is 2.72. The molecule has 0 N–H and O–H groups in total. The van der Waals surface area contributed by atoms with Crippen LogP contribution in [-0.4, -0.2) is 10.1 Å². The van der Waals surface area contributed by atoms with Gasteiger partial charge in [-0.05, 0) is 18.8 Å². The van der Waals surface area contributed by atoms with Crippen LogP contribution in [0.5, 0.6) is 0 Å². The molecule has 1 aromatic carbocycles. The zero-order valence-corrected chi connectivity index (χ0v) is 11.1. The summed E-state index contributed by atoms with van der Waals surface area (Å²) in [6.45, 7) is 1.96. The van der Waals surface area contributed by atoms with Crippen LogP contribution in [0, 0.1) is 18.8 Å². The maximum absolute atomic E-state index is 5.20. The van der Waals surface area contributed by atoms with Gasteiger partial charge in [0.25, 0.3) is 0 Å². The van der Waals surface area contributed by atoms with E-state index in [0.717, 1.165) is 22.0 Å². The summed E-state index contributed by atoms with van der Waals surface area (Å²) in [6, 6.07) is 11.7. The van der Waals surface area contributed by atoms with Gasteiger partial charge in [-0.15, -0.1) is 11.3 Å². The first-order valence-corrected chi connectivity index (χ1v) is 6.65. The lowest BCUT2D eigenvalue weighted by Crippen LogP contribution is -1.74. The number of nitrogens with zero attached hydrogens (tertiary/aromatic N) is 2. The Morgan fingerprint density at radius 2 is 2.00 bits per heavy atom. The fraction of sp³-hybridized carbons (Fsp3) is 0.0667. The van der Waals surface area contributed by atoms with E-state index in [1.165, 1.54) is 0 Å². The minimum atomic E-state index is 0.546. The van der Waals surface area contributed by atoms with E-state index in [0.29, 0.717) is 5.76 Å². The SMILES string of the molecule is Cc1nc(C#Cc2cc(-c3ccccc3)no2)cs1. The van der Waals surface area contributed by atoms with Crippen molar-refractivity contribution in [1.82, 2.24) is 10.1 Å². The summed E-state index contributed by atoms with van der Waals surface area (Å²) in [7, 11) is 0. The molecule has 92 valence electrons. The second-order valence-electron chi connectivity index (χ2n) is 3.94. The summed E-state index contributed by atoms with van der Waals surface area (Å²) in [6.07, 6.45) is 0. The Kier molecular flexibility index (Phi) is 3.13. The molecule has 0 amide bonds. The lowest BCUT2D eigenvalue weighted by atomic mass is 10.1. The van der Waals surface area contributed by atoms with Crippen LogP contribution in [-0.2, 0) is 0 Å². The third-order valence-electron chi connectivity index (χ3n) is 2.51. The molecular formula is C15H10N2OS. The monoisotopic (exact) mass is 266 g/mol. The predicted octanol–water partition coefficient (Wildman–Crippen LogP) is 3.51. The minimum Gasteiger partial charge on any atom is -0.347 e. The number of rotatable bonds is 1. The largest absolute Gasteiger partial charge is 0.347 e. The average Bonchev–Trinajstić information content (AvgIpc) is 3.06. The van der Waals surface area contributed by atoms with Gasteiger partial charge >= 0.3 is 0 Å². The van der Waals surface area contributed by atoms with Crippen LogP contribution in [0.3, 0.4) is 0 Å². The Morgan fingerprint density at radius 1 is 1.16 bits per heavy atom. The minimum absolute atomic E-state index is 0.546. The highest BCUT2D eigenvalue weighted by molar-refractivity contribution is 7.09. The summed E-state index contributed by atoms with van der Waals surface area (Å²) in [5.74, 6) is 6.44. The zero-order valence-electron chi connectivity index (χ0n) is 10.3. The molecule has 0 aliphatic heterocycles. The average molecular weight is 266 g/mol. The Morgan fingerprint density at radius 3 is 2.74 bits per heavy atom. The van der Waals surface area contributed by atoms with E-state index < -0.39 is 0 Å². The summed E-state index contributed by atoms with van der Waals surface area (Å²) >= 11 is 1.58. The van der Waals surface area contributed by atoms with Crippen LogP contribution in [0.4, 0.5) is 0 Å². The number of aromatic nitrogens is 2. The summed E-state index contributed by atoms with van der Waals surface area (Å²) in [5.41, 5.74) is 2.57. The smallest absolute Gasteiger partial charge is 0.210 e. The van der Waals surface area contributed by atoms with Crippen molar-refractivity contribution in [3.8, 4) is 23.1 Å². The Hall–Kier alpha value is -2.38. The first-order valence-electron chi connectivity index (χ1n) is 5.77. The molecule has 2 heterocycles. The molecule has 0 aliphatic rings. The molecule has 0 aliphatic carbocycles. The van der Waals surface area contributed by atoms with Crippen molar-refractivity contribution in [2.75, 3.05) is 0 Å². The van der Waals surface area contributed by atoms with Gasteiger partial charge in [-0.3, -0.25) is 0 Å². The van der Waals surface area contributed by atoms with Gasteiger partial charge in [0.2, 0.25) is 5.76 Å². The van der Waals surface area contributed by atoms with E-state index in [4.69, 9.17) is 4.52 Å². The Labute approximate surface area is 114 Å². The molecular weight excluding hydrogens is 256 g/mol. The lowest BCUT2D eigenvalue weighted by Gasteiger charge is -1.90. The standard InChI is InChI=1S/C15H10N2OS/c1-11-16-13(10-19-11)7-8-14-9-15(17-18-14)12-5-3-2-4-6-12/h2-6,9-10H,1H3. The number of aryl methyl sites for hydroxylation is 1. The van der Waals surface area contributed by atoms with Gasteiger partial charge in [0.15, 0.2) is 0 Å². The van der Waals surface area contributed by atoms with Crippen molar-refractivity contribution in [3.05, 3.63) is 58.2 Å². The molecule has 0 spiro atoms. The van der Waals surface area contributed by atoms with E-state index in [2.05, 4.69) is 22.0 Å². The Balaban J connectivity index is 1.85. The molecule has 0 saturated carbocycles. The molecule has 19 heavy (non-hydrogen) atoms. The zero-order chi connectivity index (χ0) is 13.1. The van der Waals surface area contributed by atoms with Crippen LogP contribution in [0.15, 0.2) is 46.3 Å². The van der Waals surface area contributed by atoms with Crippen molar-refractivity contribution in [2.45, 2.75) is 6.92 Å². The predicted molar refractivity (Wildman–Crippen MR) is 74.8 cm³/mol. The molecule has 0 bridgehead atoms. The molecule has 3 aromatic rings. The molecule has 3 rings (SSSR count). The van der Waals surface area contributed by atoms with Crippen LogP contribution in [0.25, 0.3) is 11.3 Å². The van der Waals surface area contributed by atoms with Gasteiger partial charge in [-0.1, -0.05) is 35.5 Å². The van der Waals surface area contributed by atoms with Gasteiger partial charge < -0.3 is 4.52 Å². The number of hydrogen-bond donors (Lipinski definition) is 0. The summed E-state index contributed by atoms with van der Waals surface area (Å²) < 4.78 is 5.20. The second-order valence-corrected chi connectivity index (χ2v) is 5.01. The highest BCUT2D eigenvalue weighted by atomic mass is 32.1. The quantitative estimate of drug-likeness (QED) is 0.633. The molecule has 4 heteroatoms. The third-order valence-corrected chi connectivity index (χ3v) is 3.29. The van der Waals surface area contributed by atoms with Crippen LogP contribution in [0.1, 0.15) is 16.5 Å². The van der Waals surface area contributed by atoms with E-state index >= 15 is 0 Å². The topological polar surface area (TPSA) is 38.9 Å². The summed E-state index contributed by atoms with van der Waals surface area (Å²) in [5, 5.41) is 6.94. The van der Waals surface area contributed by atoms with Crippen LogP contribution >= 0.6 is 11.3 Å². The molecule has 0 radical (unpaired) electrons. The molecule has 3 nitrogen and oxygen atoms in total. The maximum Gasteiger partial charge on any atom is 0.210 e.